The van der Waals surface area contributed by atoms with Crippen LogP contribution in [-0.4, -0.2) is 54.8 Å². The van der Waals surface area contributed by atoms with Gasteiger partial charge in [-0.05, 0) is 56.3 Å². The third-order valence-electron chi connectivity index (χ3n) is 5.02. The van der Waals surface area contributed by atoms with Crippen LogP contribution in [0.5, 0.6) is 0 Å². The Balaban J connectivity index is 1.40. The number of hydrazine groups is 1. The van der Waals surface area contributed by atoms with E-state index in [0.717, 1.165) is 10.2 Å². The zero-order valence-corrected chi connectivity index (χ0v) is 19.1. The molecule has 2 unspecified atom stereocenters. The first-order chi connectivity index (χ1) is 15.2. The molecule has 9 nitrogen and oxygen atoms in total. The van der Waals surface area contributed by atoms with Crippen LogP contribution in [0, 0.1) is 0 Å². The number of nitrogens with zero attached hydrogens (tertiary/aromatic N) is 2. The van der Waals surface area contributed by atoms with E-state index in [1.54, 1.807) is 23.7 Å². The summed E-state index contributed by atoms with van der Waals surface area (Å²) in [5, 5.41) is 0. The van der Waals surface area contributed by atoms with Crippen molar-refractivity contribution < 1.29 is 22.7 Å². The molecule has 2 heterocycles. The SMILES string of the molecule is CC1CN(S(=O)(=O)c2ccc(C(=O)NNC(=O)c3ccc4ncsc4c3)cc2)CC(C)O1. The summed E-state index contributed by atoms with van der Waals surface area (Å²) in [6.07, 6.45) is -0.391. The van der Waals surface area contributed by atoms with Crippen molar-refractivity contribution in [2.45, 2.75) is 31.0 Å². The number of carbonyl (C=O) groups is 2. The molecule has 0 spiro atoms. The number of hydrogen-bond acceptors (Lipinski definition) is 7. The van der Waals surface area contributed by atoms with Gasteiger partial charge in [-0.2, -0.15) is 4.31 Å². The highest BCUT2D eigenvalue weighted by atomic mass is 32.2. The number of fused-ring (bicyclic) bond motifs is 1. The molecule has 1 aliphatic heterocycles. The first kappa shape index (κ1) is 22.3. The molecular formula is C21H22N4O5S2. The van der Waals surface area contributed by atoms with Gasteiger partial charge in [0.15, 0.2) is 0 Å². The van der Waals surface area contributed by atoms with Crippen molar-refractivity contribution in [2.75, 3.05) is 13.1 Å². The van der Waals surface area contributed by atoms with E-state index in [-0.39, 0.29) is 35.8 Å². The van der Waals surface area contributed by atoms with Crippen molar-refractivity contribution in [1.29, 1.82) is 0 Å². The lowest BCUT2D eigenvalue weighted by Crippen LogP contribution is -2.48. The van der Waals surface area contributed by atoms with Crippen LogP contribution in [-0.2, 0) is 14.8 Å². The van der Waals surface area contributed by atoms with Crippen molar-refractivity contribution in [3.63, 3.8) is 0 Å². The van der Waals surface area contributed by atoms with E-state index in [1.165, 1.54) is 39.9 Å². The van der Waals surface area contributed by atoms with Crippen molar-refractivity contribution in [3.05, 3.63) is 59.1 Å². The molecule has 11 heteroatoms. The van der Waals surface area contributed by atoms with E-state index in [0.29, 0.717) is 5.56 Å². The predicted molar refractivity (Wildman–Crippen MR) is 120 cm³/mol. The van der Waals surface area contributed by atoms with Crippen LogP contribution in [0.4, 0.5) is 0 Å². The summed E-state index contributed by atoms with van der Waals surface area (Å²) < 4.78 is 33.7. The molecule has 2 atom stereocenters. The lowest BCUT2D eigenvalue weighted by molar-refractivity contribution is -0.0440. The Morgan fingerprint density at radius 2 is 1.59 bits per heavy atom. The van der Waals surface area contributed by atoms with Crippen LogP contribution in [0.1, 0.15) is 34.6 Å². The lowest BCUT2D eigenvalue weighted by Gasteiger charge is -2.34. The lowest BCUT2D eigenvalue weighted by atomic mass is 10.2. The molecule has 4 rings (SSSR count). The maximum atomic E-state index is 12.9. The molecule has 3 aromatic rings. The van der Waals surface area contributed by atoms with Gasteiger partial charge in [0.2, 0.25) is 10.0 Å². The highest BCUT2D eigenvalue weighted by molar-refractivity contribution is 7.89. The van der Waals surface area contributed by atoms with Crippen molar-refractivity contribution >= 4 is 43.4 Å². The Kier molecular flexibility index (Phi) is 6.24. The van der Waals surface area contributed by atoms with Crippen molar-refractivity contribution in [1.82, 2.24) is 20.1 Å². The molecular weight excluding hydrogens is 452 g/mol. The van der Waals surface area contributed by atoms with Crippen LogP contribution in [0.2, 0.25) is 0 Å². The van der Waals surface area contributed by atoms with E-state index in [4.69, 9.17) is 4.74 Å². The number of thiazole rings is 1. The Bertz CT molecular complexity index is 1250. The maximum absolute atomic E-state index is 12.9. The van der Waals surface area contributed by atoms with Crippen LogP contribution in [0.3, 0.4) is 0 Å². The largest absolute Gasteiger partial charge is 0.373 e. The molecule has 0 radical (unpaired) electrons. The number of rotatable bonds is 4. The number of morpholine rings is 1. The van der Waals surface area contributed by atoms with Crippen LogP contribution >= 0.6 is 11.3 Å². The van der Waals surface area contributed by atoms with E-state index in [1.807, 2.05) is 13.8 Å². The van der Waals surface area contributed by atoms with Gasteiger partial charge in [0, 0.05) is 24.2 Å². The fourth-order valence-corrected chi connectivity index (χ4v) is 5.82. The van der Waals surface area contributed by atoms with E-state index >= 15 is 0 Å². The first-order valence-corrected chi connectivity index (χ1v) is 12.3. The minimum Gasteiger partial charge on any atom is -0.373 e. The fraction of sp³-hybridized carbons (Fsp3) is 0.286. The monoisotopic (exact) mass is 474 g/mol. The summed E-state index contributed by atoms with van der Waals surface area (Å²) in [6.45, 7) is 4.20. The topological polar surface area (TPSA) is 118 Å². The normalized spacial score (nSPS) is 19.6. The average Bonchev–Trinajstić information content (AvgIpc) is 3.24. The molecule has 2 N–H and O–H groups in total. The van der Waals surface area contributed by atoms with Gasteiger partial charge in [0.1, 0.15) is 0 Å². The summed E-state index contributed by atoms with van der Waals surface area (Å²) in [5.41, 5.74) is 7.80. The van der Waals surface area contributed by atoms with Crippen molar-refractivity contribution in [3.8, 4) is 0 Å². The smallest absolute Gasteiger partial charge is 0.269 e. The highest BCUT2D eigenvalue weighted by Gasteiger charge is 2.32. The second-order valence-corrected chi connectivity index (χ2v) is 10.4. The molecule has 2 amide bonds. The first-order valence-electron chi connectivity index (χ1n) is 9.93. The molecule has 0 bridgehead atoms. The molecule has 1 aliphatic rings. The molecule has 1 saturated heterocycles. The molecule has 0 aliphatic carbocycles. The quantitative estimate of drug-likeness (QED) is 0.560. The van der Waals surface area contributed by atoms with E-state index < -0.39 is 21.8 Å². The summed E-state index contributed by atoms with van der Waals surface area (Å²) >= 11 is 1.42. The molecule has 168 valence electrons. The van der Waals surface area contributed by atoms with Gasteiger partial charge >= 0.3 is 0 Å². The number of nitrogens with one attached hydrogen (secondary N) is 2. The van der Waals surface area contributed by atoms with Gasteiger partial charge in [-0.15, -0.1) is 11.3 Å². The summed E-state index contributed by atoms with van der Waals surface area (Å²) in [5.74, 6) is -1.03. The fourth-order valence-electron chi connectivity index (χ4n) is 3.51. The van der Waals surface area contributed by atoms with E-state index in [9.17, 15) is 18.0 Å². The summed E-state index contributed by atoms with van der Waals surface area (Å²) in [6, 6.07) is 10.6. The molecule has 1 aromatic heterocycles. The second-order valence-electron chi connectivity index (χ2n) is 7.55. The van der Waals surface area contributed by atoms with Crippen LogP contribution in [0.25, 0.3) is 10.2 Å². The summed E-state index contributed by atoms with van der Waals surface area (Å²) in [4.78, 5) is 29.0. The number of sulfonamides is 1. The molecule has 2 aromatic carbocycles. The highest BCUT2D eigenvalue weighted by Crippen LogP contribution is 2.22. The number of amides is 2. The third-order valence-corrected chi connectivity index (χ3v) is 7.66. The number of carbonyl (C=O) groups excluding carboxylic acids is 2. The van der Waals surface area contributed by atoms with Gasteiger partial charge < -0.3 is 4.74 Å². The number of ether oxygens (including phenoxy) is 1. The van der Waals surface area contributed by atoms with Crippen LogP contribution < -0.4 is 10.9 Å². The minimum absolute atomic E-state index is 0.0947. The molecule has 1 fully saturated rings. The Hall–Kier alpha value is -2.86. The predicted octanol–water partition coefficient (Wildman–Crippen LogP) is 2.17. The standard InChI is InChI=1S/C21H22N4O5S2/c1-13-10-25(11-14(2)30-13)32(28,29)17-6-3-15(4-7-17)20(26)23-24-21(27)16-5-8-18-19(9-16)31-12-22-18/h3-9,12-14H,10-11H2,1-2H3,(H,23,26)(H,24,27). The zero-order valence-electron chi connectivity index (χ0n) is 17.4. The Morgan fingerprint density at radius 3 is 2.25 bits per heavy atom. The number of benzene rings is 2. The average molecular weight is 475 g/mol. The van der Waals surface area contributed by atoms with Gasteiger partial charge in [0.25, 0.3) is 11.8 Å². The van der Waals surface area contributed by atoms with Gasteiger partial charge in [0.05, 0.1) is 32.8 Å². The van der Waals surface area contributed by atoms with Gasteiger partial charge in [-0.3, -0.25) is 20.4 Å². The molecule has 0 saturated carbocycles. The van der Waals surface area contributed by atoms with Crippen molar-refractivity contribution in [2.24, 2.45) is 0 Å². The maximum Gasteiger partial charge on any atom is 0.269 e. The van der Waals surface area contributed by atoms with Gasteiger partial charge in [-0.1, -0.05) is 0 Å². The minimum atomic E-state index is -3.70. The zero-order chi connectivity index (χ0) is 22.9. The third kappa shape index (κ3) is 4.65. The Morgan fingerprint density at radius 1 is 1.00 bits per heavy atom. The van der Waals surface area contributed by atoms with E-state index in [2.05, 4.69) is 15.8 Å². The summed E-state index contributed by atoms with van der Waals surface area (Å²) in [7, 11) is -3.70. The number of hydrogen-bond donors (Lipinski definition) is 2. The van der Waals surface area contributed by atoms with Gasteiger partial charge in [-0.25, -0.2) is 13.4 Å². The second kappa shape index (κ2) is 8.94. The van der Waals surface area contributed by atoms with Crippen LogP contribution in [0.15, 0.2) is 52.9 Å². The molecule has 32 heavy (non-hydrogen) atoms. The number of aromatic nitrogens is 1. The Labute approximate surface area is 189 Å².